The number of nitrogens with one attached hydrogen (secondary N) is 1. The molecule has 3 nitrogen and oxygen atoms in total. The molecule has 0 saturated carbocycles. The zero-order chi connectivity index (χ0) is 6.41. The Kier molecular flexibility index (Phi) is 4.07. The molecule has 8 heavy (non-hydrogen) atoms. The molecule has 0 fully saturated rings. The van der Waals surface area contributed by atoms with Crippen molar-refractivity contribution in [1.29, 1.82) is 0 Å². The van der Waals surface area contributed by atoms with Crippen molar-refractivity contribution in [1.82, 2.24) is 5.32 Å². The van der Waals surface area contributed by atoms with Crippen molar-refractivity contribution in [3.8, 4) is 0 Å². The first-order valence-electron chi connectivity index (χ1n) is 1.98. The van der Waals surface area contributed by atoms with Crippen molar-refractivity contribution >= 4 is 17.6 Å². The minimum Gasteiger partial charge on any atom is -0.480 e. The van der Waals surface area contributed by atoms with E-state index in [0.29, 0.717) is 0 Å². The van der Waals surface area contributed by atoms with Gasteiger partial charge in [0.2, 0.25) is 0 Å². The van der Waals surface area contributed by atoms with E-state index in [1.54, 1.807) is 0 Å². The second-order valence-electron chi connectivity index (χ2n) is 1.07. The molecule has 0 bridgehead atoms. The average Bonchev–Trinajstić information content (AvgIpc) is 1.66. The first-order valence-corrected chi connectivity index (χ1v) is 2.41. The molecule has 0 aromatic carbocycles. The Balaban J connectivity index is 3.05. The van der Waals surface area contributed by atoms with Gasteiger partial charge in [0.1, 0.15) is 6.54 Å². The zero-order valence-electron chi connectivity index (χ0n) is 4.10. The fourth-order valence-electron chi connectivity index (χ4n) is 0.191. The number of hydrogen-bond donors (Lipinski definition) is 2. The highest BCUT2D eigenvalue weighted by Crippen LogP contribution is 1.71. The SMILES string of the molecule is O=C(O)CNC=CCl. The molecule has 0 saturated heterocycles. The maximum absolute atomic E-state index is 9.73. The van der Waals surface area contributed by atoms with E-state index in [-0.39, 0.29) is 6.54 Å². The van der Waals surface area contributed by atoms with Crippen LogP contribution in [0.2, 0.25) is 0 Å². The van der Waals surface area contributed by atoms with E-state index in [0.717, 1.165) is 0 Å². The number of carboxylic acids is 1. The summed E-state index contributed by atoms with van der Waals surface area (Å²) in [5.41, 5.74) is 1.21. The lowest BCUT2D eigenvalue weighted by Gasteiger charge is -1.89. The molecule has 0 atom stereocenters. The van der Waals surface area contributed by atoms with Gasteiger partial charge in [-0.25, -0.2) is 0 Å². The summed E-state index contributed by atoms with van der Waals surface area (Å²) in [7, 11) is 0. The predicted octanol–water partition coefficient (Wildman–Crippen LogP) is 0.371. The van der Waals surface area contributed by atoms with E-state index in [4.69, 9.17) is 16.7 Å². The largest absolute Gasteiger partial charge is 0.480 e. The Morgan fingerprint density at radius 3 is 2.88 bits per heavy atom. The molecule has 0 rings (SSSR count). The van der Waals surface area contributed by atoms with Crippen LogP contribution in [0, 0.1) is 0 Å². The van der Waals surface area contributed by atoms with Gasteiger partial charge in [-0.15, -0.1) is 0 Å². The van der Waals surface area contributed by atoms with Crippen molar-refractivity contribution in [3.05, 3.63) is 11.7 Å². The van der Waals surface area contributed by atoms with E-state index >= 15 is 0 Å². The highest BCUT2D eigenvalue weighted by atomic mass is 35.5. The molecule has 0 heterocycles. The Morgan fingerprint density at radius 2 is 2.50 bits per heavy atom. The molecule has 2 N–H and O–H groups in total. The summed E-state index contributed by atoms with van der Waals surface area (Å²) in [6.07, 6.45) is 1.36. The molecule has 0 aromatic heterocycles. The fourth-order valence-corrected chi connectivity index (χ4v) is 0.280. The van der Waals surface area contributed by atoms with Gasteiger partial charge in [-0.3, -0.25) is 4.79 Å². The van der Waals surface area contributed by atoms with Gasteiger partial charge in [0.05, 0.1) is 0 Å². The molecule has 0 aliphatic rings. The van der Waals surface area contributed by atoms with Crippen LogP contribution < -0.4 is 5.32 Å². The summed E-state index contributed by atoms with van der Waals surface area (Å²) in [4.78, 5) is 9.73. The van der Waals surface area contributed by atoms with E-state index in [1.807, 2.05) is 0 Å². The van der Waals surface area contributed by atoms with Gasteiger partial charge in [0.25, 0.3) is 0 Å². The standard InChI is InChI=1S/C4H6ClNO2/c5-1-2-6-3-4(7)8/h1-2,6H,3H2,(H,7,8). The molecule has 0 amide bonds. The highest BCUT2D eigenvalue weighted by Gasteiger charge is 1.87. The molecule has 0 radical (unpaired) electrons. The van der Waals surface area contributed by atoms with Gasteiger partial charge in [-0.2, -0.15) is 0 Å². The number of carbonyl (C=O) groups is 1. The summed E-state index contributed by atoms with van der Waals surface area (Å²) in [6, 6.07) is 0. The van der Waals surface area contributed by atoms with Crippen molar-refractivity contribution in [2.45, 2.75) is 0 Å². The molecule has 0 aromatic rings. The molecule has 0 aliphatic carbocycles. The Morgan fingerprint density at radius 1 is 1.88 bits per heavy atom. The van der Waals surface area contributed by atoms with Gasteiger partial charge < -0.3 is 10.4 Å². The molecule has 0 aliphatic heterocycles. The second-order valence-corrected chi connectivity index (χ2v) is 1.32. The van der Waals surface area contributed by atoms with E-state index < -0.39 is 5.97 Å². The summed E-state index contributed by atoms with van der Waals surface area (Å²) in [5, 5.41) is 10.4. The number of halogens is 1. The summed E-state index contributed by atoms with van der Waals surface area (Å²) in [6.45, 7) is -0.0940. The first kappa shape index (κ1) is 7.30. The maximum Gasteiger partial charge on any atom is 0.322 e. The minimum absolute atomic E-state index is 0.0940. The third kappa shape index (κ3) is 5.30. The van der Waals surface area contributed by atoms with Crippen molar-refractivity contribution < 1.29 is 9.90 Å². The van der Waals surface area contributed by atoms with Crippen molar-refractivity contribution in [2.24, 2.45) is 0 Å². The smallest absolute Gasteiger partial charge is 0.322 e. The molecular formula is C4H6ClNO2. The number of carboxylic acid groups (broad SMARTS) is 1. The van der Waals surface area contributed by atoms with E-state index in [1.165, 1.54) is 11.7 Å². The van der Waals surface area contributed by atoms with Crippen LogP contribution in [0.4, 0.5) is 0 Å². The Bertz CT molecular complexity index is 102. The van der Waals surface area contributed by atoms with Gasteiger partial charge in [-0.05, 0) is 0 Å². The third-order valence-corrected chi connectivity index (χ3v) is 0.560. The number of rotatable bonds is 3. The van der Waals surface area contributed by atoms with Crippen LogP contribution in [0.15, 0.2) is 11.7 Å². The quantitative estimate of drug-likeness (QED) is 0.588. The fraction of sp³-hybridized carbons (Fsp3) is 0.250. The van der Waals surface area contributed by atoms with Crippen LogP contribution in [0.3, 0.4) is 0 Å². The predicted molar refractivity (Wildman–Crippen MR) is 30.6 cm³/mol. The third-order valence-electron chi connectivity index (χ3n) is 0.434. The van der Waals surface area contributed by atoms with Gasteiger partial charge in [-0.1, -0.05) is 11.6 Å². The molecule has 46 valence electrons. The minimum atomic E-state index is -0.903. The summed E-state index contributed by atoms with van der Waals surface area (Å²) >= 11 is 5.05. The van der Waals surface area contributed by atoms with Crippen molar-refractivity contribution in [3.63, 3.8) is 0 Å². The number of aliphatic carboxylic acids is 1. The number of hydrogen-bond acceptors (Lipinski definition) is 2. The van der Waals surface area contributed by atoms with Crippen LogP contribution in [-0.4, -0.2) is 17.6 Å². The van der Waals surface area contributed by atoms with Crippen LogP contribution >= 0.6 is 11.6 Å². The Labute approximate surface area is 52.0 Å². The van der Waals surface area contributed by atoms with Gasteiger partial charge in [0.15, 0.2) is 0 Å². The van der Waals surface area contributed by atoms with Gasteiger partial charge >= 0.3 is 5.97 Å². The summed E-state index contributed by atoms with van der Waals surface area (Å²) < 4.78 is 0. The zero-order valence-corrected chi connectivity index (χ0v) is 4.85. The maximum atomic E-state index is 9.73. The molecule has 0 spiro atoms. The summed E-state index contributed by atoms with van der Waals surface area (Å²) in [5.74, 6) is -0.903. The molecule has 0 unspecified atom stereocenters. The molecule has 4 heteroatoms. The monoisotopic (exact) mass is 135 g/mol. The van der Waals surface area contributed by atoms with Crippen LogP contribution in [0.1, 0.15) is 0 Å². The lowest BCUT2D eigenvalue weighted by Crippen LogP contribution is -2.16. The Hall–Kier alpha value is -0.700. The second kappa shape index (κ2) is 4.46. The van der Waals surface area contributed by atoms with Crippen molar-refractivity contribution in [2.75, 3.05) is 6.54 Å². The lowest BCUT2D eigenvalue weighted by atomic mass is 10.7. The van der Waals surface area contributed by atoms with Gasteiger partial charge in [0, 0.05) is 11.7 Å². The first-order chi connectivity index (χ1) is 3.77. The van der Waals surface area contributed by atoms with E-state index in [9.17, 15) is 4.79 Å². The normalized spacial score (nSPS) is 9.62. The lowest BCUT2D eigenvalue weighted by molar-refractivity contribution is -0.135. The van der Waals surface area contributed by atoms with E-state index in [2.05, 4.69) is 5.32 Å². The highest BCUT2D eigenvalue weighted by molar-refractivity contribution is 6.25. The molecular weight excluding hydrogens is 130 g/mol. The topological polar surface area (TPSA) is 49.3 Å². The average molecular weight is 136 g/mol. The van der Waals surface area contributed by atoms with Crippen LogP contribution in [0.5, 0.6) is 0 Å². The van der Waals surface area contributed by atoms with Crippen LogP contribution in [0.25, 0.3) is 0 Å². The van der Waals surface area contributed by atoms with Crippen LogP contribution in [-0.2, 0) is 4.79 Å².